The summed E-state index contributed by atoms with van der Waals surface area (Å²) >= 11 is 8.68. The highest BCUT2D eigenvalue weighted by atomic mass is 79.9. The molecule has 0 unspecified atom stereocenters. The normalized spacial score (nSPS) is 10.9. The van der Waals surface area contributed by atoms with Crippen LogP contribution in [-0.4, -0.2) is 14.8 Å². The van der Waals surface area contributed by atoms with Crippen LogP contribution in [-0.2, 0) is 13.2 Å². The standard InChI is InChI=1S/C15H18BrN3OS/c1-4-7-19-14(17-18-15(19)21)9-20-13-6-5-11(16)8-12(13)10(2)3/h4-6,8,10H,1,7,9H2,2-3H3,(H,18,21). The van der Waals surface area contributed by atoms with Crippen LogP contribution in [0.1, 0.15) is 31.2 Å². The molecule has 0 amide bonds. The summed E-state index contributed by atoms with van der Waals surface area (Å²) in [5, 5.41) is 6.99. The smallest absolute Gasteiger partial charge is 0.195 e. The van der Waals surface area contributed by atoms with E-state index in [0.29, 0.717) is 23.8 Å². The largest absolute Gasteiger partial charge is 0.485 e. The van der Waals surface area contributed by atoms with Crippen LogP contribution >= 0.6 is 28.1 Å². The van der Waals surface area contributed by atoms with Gasteiger partial charge >= 0.3 is 0 Å². The Morgan fingerprint density at radius 3 is 2.95 bits per heavy atom. The second-order valence-corrected chi connectivity index (χ2v) is 6.27. The molecule has 0 fully saturated rings. The Hall–Kier alpha value is -1.40. The fourth-order valence-electron chi connectivity index (χ4n) is 2.02. The van der Waals surface area contributed by atoms with Crippen molar-refractivity contribution in [3.05, 3.63) is 51.5 Å². The highest BCUT2D eigenvalue weighted by Crippen LogP contribution is 2.30. The molecule has 0 spiro atoms. The SMILES string of the molecule is C=CCn1c(COc2ccc(Br)cc2C(C)C)n[nH]c1=S. The van der Waals surface area contributed by atoms with Crippen LogP contribution in [0.2, 0.25) is 0 Å². The van der Waals surface area contributed by atoms with Crippen molar-refractivity contribution in [3.63, 3.8) is 0 Å². The Bertz CT molecular complexity index is 690. The first kappa shape index (κ1) is 16.0. The zero-order chi connectivity index (χ0) is 15.4. The molecule has 0 atom stereocenters. The second-order valence-electron chi connectivity index (χ2n) is 4.97. The van der Waals surface area contributed by atoms with E-state index >= 15 is 0 Å². The zero-order valence-electron chi connectivity index (χ0n) is 12.1. The van der Waals surface area contributed by atoms with Crippen molar-refractivity contribution in [2.45, 2.75) is 32.9 Å². The predicted octanol–water partition coefficient (Wildman–Crippen LogP) is 4.59. The van der Waals surface area contributed by atoms with E-state index in [1.165, 1.54) is 0 Å². The molecule has 0 aliphatic rings. The summed E-state index contributed by atoms with van der Waals surface area (Å²) in [6, 6.07) is 6.03. The van der Waals surface area contributed by atoms with Gasteiger partial charge < -0.3 is 4.74 Å². The lowest BCUT2D eigenvalue weighted by molar-refractivity contribution is 0.286. The fraction of sp³-hybridized carbons (Fsp3) is 0.333. The maximum absolute atomic E-state index is 5.94. The van der Waals surface area contributed by atoms with E-state index in [0.717, 1.165) is 21.6 Å². The topological polar surface area (TPSA) is 42.8 Å². The van der Waals surface area contributed by atoms with E-state index < -0.39 is 0 Å². The van der Waals surface area contributed by atoms with Crippen LogP contribution in [0.25, 0.3) is 0 Å². The molecule has 1 aromatic heterocycles. The van der Waals surface area contributed by atoms with Crippen molar-refractivity contribution in [1.82, 2.24) is 14.8 Å². The molecule has 0 radical (unpaired) electrons. The van der Waals surface area contributed by atoms with Gasteiger partial charge in [0.1, 0.15) is 12.4 Å². The van der Waals surface area contributed by atoms with E-state index in [1.807, 2.05) is 16.7 Å². The Labute approximate surface area is 138 Å². The molecule has 1 aromatic carbocycles. The average molecular weight is 368 g/mol. The maximum Gasteiger partial charge on any atom is 0.195 e. The van der Waals surface area contributed by atoms with Crippen LogP contribution in [0.4, 0.5) is 0 Å². The lowest BCUT2D eigenvalue weighted by atomic mass is 10.0. The fourth-order valence-corrected chi connectivity index (χ4v) is 2.63. The van der Waals surface area contributed by atoms with Crippen LogP contribution in [0, 0.1) is 4.77 Å². The Balaban J connectivity index is 2.21. The van der Waals surface area contributed by atoms with Crippen molar-refractivity contribution in [2.75, 3.05) is 0 Å². The first-order valence-electron chi connectivity index (χ1n) is 6.70. The molecular formula is C15H18BrN3OS. The Kier molecular flexibility index (Phi) is 5.36. The predicted molar refractivity (Wildman–Crippen MR) is 90.2 cm³/mol. The number of hydrogen-bond acceptors (Lipinski definition) is 3. The van der Waals surface area contributed by atoms with Crippen molar-refractivity contribution < 1.29 is 4.74 Å². The van der Waals surface area contributed by atoms with Gasteiger partial charge in [0.25, 0.3) is 0 Å². The summed E-state index contributed by atoms with van der Waals surface area (Å²) in [6.07, 6.45) is 1.79. The van der Waals surface area contributed by atoms with E-state index in [4.69, 9.17) is 17.0 Å². The highest BCUT2D eigenvalue weighted by Gasteiger charge is 2.11. The summed E-state index contributed by atoms with van der Waals surface area (Å²) in [5.41, 5.74) is 1.16. The number of ether oxygens (including phenoxy) is 1. The van der Waals surface area contributed by atoms with Crippen molar-refractivity contribution in [1.29, 1.82) is 0 Å². The minimum atomic E-state index is 0.363. The summed E-state index contributed by atoms with van der Waals surface area (Å²) in [4.78, 5) is 0. The maximum atomic E-state index is 5.94. The molecule has 0 bridgehead atoms. The quantitative estimate of drug-likeness (QED) is 0.599. The number of H-pyrrole nitrogens is 1. The molecule has 4 nitrogen and oxygen atoms in total. The molecule has 0 aliphatic carbocycles. The number of aromatic nitrogens is 3. The number of benzene rings is 1. The van der Waals surface area contributed by atoms with Gasteiger partial charge in [0, 0.05) is 11.0 Å². The number of rotatable bonds is 6. The monoisotopic (exact) mass is 367 g/mol. The van der Waals surface area contributed by atoms with Gasteiger partial charge in [-0.15, -0.1) is 6.58 Å². The number of aromatic amines is 1. The molecule has 0 saturated heterocycles. The van der Waals surface area contributed by atoms with Crippen LogP contribution in [0.3, 0.4) is 0 Å². The third-order valence-corrected chi connectivity index (χ3v) is 3.90. The molecule has 0 aliphatic heterocycles. The van der Waals surface area contributed by atoms with Gasteiger partial charge in [-0.2, -0.15) is 5.10 Å². The number of nitrogens with zero attached hydrogens (tertiary/aromatic N) is 2. The van der Waals surface area contributed by atoms with Gasteiger partial charge in [0.2, 0.25) is 0 Å². The Morgan fingerprint density at radius 1 is 1.52 bits per heavy atom. The van der Waals surface area contributed by atoms with Crippen LogP contribution in [0.15, 0.2) is 35.3 Å². The van der Waals surface area contributed by atoms with Gasteiger partial charge in [-0.05, 0) is 41.9 Å². The van der Waals surface area contributed by atoms with Crippen LogP contribution in [0.5, 0.6) is 5.75 Å². The lowest BCUT2D eigenvalue weighted by Crippen LogP contribution is -2.07. The summed E-state index contributed by atoms with van der Waals surface area (Å²) in [6.45, 7) is 8.99. The highest BCUT2D eigenvalue weighted by molar-refractivity contribution is 9.10. The van der Waals surface area contributed by atoms with Crippen LogP contribution < -0.4 is 4.74 Å². The molecule has 112 valence electrons. The second kappa shape index (κ2) is 7.04. The van der Waals surface area contributed by atoms with E-state index in [9.17, 15) is 0 Å². The molecule has 2 rings (SSSR count). The van der Waals surface area contributed by atoms with Gasteiger partial charge in [-0.1, -0.05) is 35.9 Å². The third-order valence-electron chi connectivity index (χ3n) is 3.10. The summed E-state index contributed by atoms with van der Waals surface area (Å²) in [5.74, 6) is 2.01. The van der Waals surface area contributed by atoms with Gasteiger partial charge in [-0.3, -0.25) is 9.67 Å². The first-order valence-corrected chi connectivity index (χ1v) is 7.90. The average Bonchev–Trinajstić information content (AvgIpc) is 2.79. The number of halogens is 1. The van der Waals surface area contributed by atoms with Gasteiger partial charge in [-0.25, -0.2) is 0 Å². The molecule has 0 saturated carbocycles. The van der Waals surface area contributed by atoms with E-state index in [1.54, 1.807) is 6.08 Å². The summed E-state index contributed by atoms with van der Waals surface area (Å²) < 4.78 is 9.43. The van der Waals surface area contributed by atoms with Gasteiger partial charge in [0.15, 0.2) is 10.6 Å². The molecular weight excluding hydrogens is 350 g/mol. The molecule has 1 N–H and O–H groups in total. The van der Waals surface area contributed by atoms with E-state index in [2.05, 4.69) is 52.6 Å². The number of allylic oxidation sites excluding steroid dienone is 1. The first-order chi connectivity index (χ1) is 10.0. The zero-order valence-corrected chi connectivity index (χ0v) is 14.5. The van der Waals surface area contributed by atoms with Crippen molar-refractivity contribution in [3.8, 4) is 5.75 Å². The molecule has 21 heavy (non-hydrogen) atoms. The minimum absolute atomic E-state index is 0.363. The van der Waals surface area contributed by atoms with Gasteiger partial charge in [0.05, 0.1) is 0 Å². The minimum Gasteiger partial charge on any atom is -0.485 e. The molecule has 2 aromatic rings. The lowest BCUT2D eigenvalue weighted by Gasteiger charge is -2.14. The Morgan fingerprint density at radius 2 is 2.29 bits per heavy atom. The number of nitrogens with one attached hydrogen (secondary N) is 1. The molecule has 6 heteroatoms. The third kappa shape index (κ3) is 3.83. The van der Waals surface area contributed by atoms with Crippen molar-refractivity contribution >= 4 is 28.1 Å². The number of hydrogen-bond donors (Lipinski definition) is 1. The summed E-state index contributed by atoms with van der Waals surface area (Å²) in [7, 11) is 0. The van der Waals surface area contributed by atoms with Crippen molar-refractivity contribution in [2.24, 2.45) is 0 Å². The van der Waals surface area contributed by atoms with E-state index in [-0.39, 0.29) is 0 Å². The molecule has 1 heterocycles.